The van der Waals surface area contributed by atoms with E-state index in [1.165, 1.54) is 0 Å². The molecule has 2 aliphatic rings. The third-order valence-electron chi connectivity index (χ3n) is 4.42. The van der Waals surface area contributed by atoms with Crippen molar-refractivity contribution in [3.8, 4) is 11.5 Å². The molecular weight excluding hydrogens is 268 g/mol. The van der Waals surface area contributed by atoms with Gasteiger partial charge in [-0.3, -0.25) is 4.79 Å². The quantitative estimate of drug-likeness (QED) is 0.897. The minimum atomic E-state index is -0.555. The highest BCUT2D eigenvalue weighted by Gasteiger charge is 2.33. The Bertz CT molecular complexity index is 512. The van der Waals surface area contributed by atoms with Crippen LogP contribution in [0.4, 0.5) is 0 Å². The SMILES string of the molecule is CN(C(=O)C1COc2ccccc2O1)C1CCC(N)CC1. The van der Waals surface area contributed by atoms with Crippen LogP contribution in [0, 0.1) is 0 Å². The van der Waals surface area contributed by atoms with E-state index in [0.717, 1.165) is 25.7 Å². The van der Waals surface area contributed by atoms with Crippen LogP contribution in [0.5, 0.6) is 11.5 Å². The van der Waals surface area contributed by atoms with Gasteiger partial charge in [-0.2, -0.15) is 0 Å². The molecule has 0 aromatic heterocycles. The molecule has 0 bridgehead atoms. The molecule has 1 saturated carbocycles. The van der Waals surface area contributed by atoms with Gasteiger partial charge in [0.25, 0.3) is 5.91 Å². The molecule has 5 heteroatoms. The molecule has 1 aliphatic carbocycles. The first kappa shape index (κ1) is 14.2. The average Bonchev–Trinajstić information content (AvgIpc) is 2.54. The summed E-state index contributed by atoms with van der Waals surface area (Å²) in [7, 11) is 1.85. The molecule has 2 N–H and O–H groups in total. The van der Waals surface area contributed by atoms with Crippen LogP contribution in [0.15, 0.2) is 24.3 Å². The Morgan fingerprint density at radius 3 is 2.57 bits per heavy atom. The Hall–Kier alpha value is -1.75. The monoisotopic (exact) mass is 290 g/mol. The first-order valence-electron chi connectivity index (χ1n) is 7.56. The van der Waals surface area contributed by atoms with Crippen LogP contribution in [0.1, 0.15) is 25.7 Å². The molecular formula is C16H22N2O3. The van der Waals surface area contributed by atoms with E-state index in [1.54, 1.807) is 0 Å². The number of rotatable bonds is 2. The smallest absolute Gasteiger partial charge is 0.267 e. The molecule has 5 nitrogen and oxygen atoms in total. The minimum absolute atomic E-state index is 0.00928. The zero-order valence-corrected chi connectivity index (χ0v) is 12.3. The number of likely N-dealkylation sites (N-methyl/N-ethyl adjacent to an activating group) is 1. The highest BCUT2D eigenvalue weighted by Crippen LogP contribution is 2.31. The van der Waals surface area contributed by atoms with Gasteiger partial charge in [0.15, 0.2) is 11.5 Å². The third kappa shape index (κ3) is 2.97. The van der Waals surface area contributed by atoms with Crippen LogP contribution >= 0.6 is 0 Å². The molecule has 0 saturated heterocycles. The molecule has 1 atom stereocenters. The van der Waals surface area contributed by atoms with E-state index in [0.29, 0.717) is 11.5 Å². The molecule has 114 valence electrons. The average molecular weight is 290 g/mol. The molecule has 0 radical (unpaired) electrons. The summed E-state index contributed by atoms with van der Waals surface area (Å²) >= 11 is 0. The summed E-state index contributed by atoms with van der Waals surface area (Å²) in [6.07, 6.45) is 3.34. The summed E-state index contributed by atoms with van der Waals surface area (Å²) in [5.74, 6) is 1.33. The molecule has 1 amide bonds. The van der Waals surface area contributed by atoms with Crippen molar-refractivity contribution in [1.29, 1.82) is 0 Å². The van der Waals surface area contributed by atoms with Crippen molar-refractivity contribution in [3.05, 3.63) is 24.3 Å². The predicted molar refractivity (Wildman–Crippen MR) is 79.4 cm³/mol. The molecule has 3 rings (SSSR count). The first-order chi connectivity index (χ1) is 10.1. The van der Waals surface area contributed by atoms with Gasteiger partial charge < -0.3 is 20.1 Å². The summed E-state index contributed by atoms with van der Waals surface area (Å²) in [6.45, 7) is 0.270. The van der Waals surface area contributed by atoms with Gasteiger partial charge in [-0.05, 0) is 37.8 Å². The zero-order valence-electron chi connectivity index (χ0n) is 12.3. The van der Waals surface area contributed by atoms with Gasteiger partial charge in [0.2, 0.25) is 6.10 Å². The van der Waals surface area contributed by atoms with Gasteiger partial charge in [-0.15, -0.1) is 0 Å². The van der Waals surface area contributed by atoms with Crippen LogP contribution in [0.25, 0.3) is 0 Å². The van der Waals surface area contributed by atoms with Gasteiger partial charge >= 0.3 is 0 Å². The van der Waals surface area contributed by atoms with Crippen LogP contribution in [0.2, 0.25) is 0 Å². The van der Waals surface area contributed by atoms with E-state index in [9.17, 15) is 4.79 Å². The summed E-state index contributed by atoms with van der Waals surface area (Å²) in [5.41, 5.74) is 5.92. The number of amides is 1. The number of para-hydroxylation sites is 2. The zero-order chi connectivity index (χ0) is 14.8. The Balaban J connectivity index is 1.63. The molecule has 1 heterocycles. The van der Waals surface area contributed by atoms with Gasteiger partial charge in [-0.25, -0.2) is 0 Å². The van der Waals surface area contributed by atoms with Gasteiger partial charge in [0.05, 0.1) is 0 Å². The summed E-state index contributed by atoms with van der Waals surface area (Å²) in [6, 6.07) is 7.99. The number of fused-ring (bicyclic) bond motifs is 1. The molecule has 1 unspecified atom stereocenters. The third-order valence-corrected chi connectivity index (χ3v) is 4.42. The van der Waals surface area contributed by atoms with E-state index in [4.69, 9.17) is 15.2 Å². The van der Waals surface area contributed by atoms with Crippen molar-refractivity contribution in [1.82, 2.24) is 4.90 Å². The lowest BCUT2D eigenvalue weighted by atomic mass is 9.91. The number of carbonyl (C=O) groups is 1. The van der Waals surface area contributed by atoms with Crippen molar-refractivity contribution in [3.63, 3.8) is 0 Å². The maximum absolute atomic E-state index is 12.6. The maximum Gasteiger partial charge on any atom is 0.267 e. The number of hydrogen-bond acceptors (Lipinski definition) is 4. The standard InChI is InChI=1S/C16H22N2O3/c1-18(12-8-6-11(17)7-9-12)16(19)15-10-20-13-4-2-3-5-14(13)21-15/h2-5,11-12,15H,6-10,17H2,1H3. The van der Waals surface area contributed by atoms with Gasteiger partial charge in [0.1, 0.15) is 6.61 Å². The highest BCUT2D eigenvalue weighted by molar-refractivity contribution is 5.82. The van der Waals surface area contributed by atoms with Crippen LogP contribution in [-0.4, -0.2) is 42.6 Å². The lowest BCUT2D eigenvalue weighted by molar-refractivity contribution is -0.142. The number of hydrogen-bond donors (Lipinski definition) is 1. The van der Waals surface area contributed by atoms with E-state index in [2.05, 4.69) is 0 Å². The summed E-state index contributed by atoms with van der Waals surface area (Å²) in [5, 5.41) is 0. The van der Waals surface area contributed by atoms with Crippen molar-refractivity contribution < 1.29 is 14.3 Å². The van der Waals surface area contributed by atoms with Crippen molar-refractivity contribution >= 4 is 5.91 Å². The van der Waals surface area contributed by atoms with E-state index in [1.807, 2.05) is 36.2 Å². The van der Waals surface area contributed by atoms with Crippen LogP contribution in [0.3, 0.4) is 0 Å². The minimum Gasteiger partial charge on any atom is -0.485 e. The molecule has 0 spiro atoms. The Morgan fingerprint density at radius 2 is 1.86 bits per heavy atom. The summed E-state index contributed by atoms with van der Waals surface area (Å²) < 4.78 is 11.4. The van der Waals surface area contributed by atoms with Crippen molar-refractivity contribution in [2.75, 3.05) is 13.7 Å². The second kappa shape index (κ2) is 5.93. The molecule has 1 aromatic rings. The lowest BCUT2D eigenvalue weighted by Gasteiger charge is -2.36. The molecule has 1 aromatic carbocycles. The topological polar surface area (TPSA) is 64.8 Å². The fraction of sp³-hybridized carbons (Fsp3) is 0.562. The van der Waals surface area contributed by atoms with Gasteiger partial charge in [0, 0.05) is 19.1 Å². The van der Waals surface area contributed by atoms with Crippen molar-refractivity contribution in [2.45, 2.75) is 43.9 Å². The second-order valence-corrected chi connectivity index (χ2v) is 5.88. The molecule has 1 aliphatic heterocycles. The van der Waals surface area contributed by atoms with E-state index in [-0.39, 0.29) is 24.6 Å². The van der Waals surface area contributed by atoms with Crippen molar-refractivity contribution in [2.24, 2.45) is 5.73 Å². The van der Waals surface area contributed by atoms with E-state index >= 15 is 0 Å². The Morgan fingerprint density at radius 1 is 1.19 bits per heavy atom. The normalized spacial score (nSPS) is 28.0. The van der Waals surface area contributed by atoms with Gasteiger partial charge in [-0.1, -0.05) is 12.1 Å². The first-order valence-corrected chi connectivity index (χ1v) is 7.56. The second-order valence-electron chi connectivity index (χ2n) is 5.88. The largest absolute Gasteiger partial charge is 0.485 e. The van der Waals surface area contributed by atoms with Crippen LogP contribution < -0.4 is 15.2 Å². The number of nitrogens with two attached hydrogens (primary N) is 1. The number of nitrogens with zero attached hydrogens (tertiary/aromatic N) is 1. The van der Waals surface area contributed by atoms with Crippen LogP contribution in [-0.2, 0) is 4.79 Å². The predicted octanol–water partition coefficient (Wildman–Crippen LogP) is 1.55. The maximum atomic E-state index is 12.6. The number of ether oxygens (including phenoxy) is 2. The fourth-order valence-corrected chi connectivity index (χ4v) is 3.04. The molecule has 21 heavy (non-hydrogen) atoms. The molecule has 1 fully saturated rings. The van der Waals surface area contributed by atoms with E-state index < -0.39 is 6.10 Å². The Labute approximate surface area is 125 Å². The highest BCUT2D eigenvalue weighted by atomic mass is 16.6. The number of carbonyl (C=O) groups excluding carboxylic acids is 1. The number of benzene rings is 1. The fourth-order valence-electron chi connectivity index (χ4n) is 3.04. The lowest BCUT2D eigenvalue weighted by Crippen LogP contribution is -2.50. The summed E-state index contributed by atoms with van der Waals surface area (Å²) in [4.78, 5) is 14.4. The Kier molecular flexibility index (Phi) is 4.01.